The van der Waals surface area contributed by atoms with Crippen LogP contribution in [0.1, 0.15) is 49.4 Å². The van der Waals surface area contributed by atoms with Gasteiger partial charge in [0.1, 0.15) is 17.5 Å². The van der Waals surface area contributed by atoms with Crippen LogP contribution in [-0.4, -0.2) is 34.8 Å². The van der Waals surface area contributed by atoms with Gasteiger partial charge >= 0.3 is 0 Å². The number of nitrogens with two attached hydrogens (primary N) is 1. The van der Waals surface area contributed by atoms with E-state index in [-0.39, 0.29) is 6.61 Å². The quantitative estimate of drug-likeness (QED) is 0.563. The maximum atomic E-state index is 9.17. The van der Waals surface area contributed by atoms with Gasteiger partial charge in [0.05, 0.1) is 0 Å². The number of nitrogen functional groups attached to an aromatic ring is 1. The van der Waals surface area contributed by atoms with Gasteiger partial charge in [0.2, 0.25) is 0 Å². The van der Waals surface area contributed by atoms with Gasteiger partial charge in [-0.2, -0.15) is 0 Å². The monoisotopic (exact) mass is 291 g/mol. The molecule has 1 aliphatic heterocycles. The molecule has 1 aliphatic carbocycles. The Morgan fingerprint density at radius 2 is 2.14 bits per heavy atom. The molecule has 1 aromatic heterocycles. The fourth-order valence-electron chi connectivity index (χ4n) is 3.17. The van der Waals surface area contributed by atoms with E-state index in [9.17, 15) is 0 Å². The number of rotatable bonds is 5. The van der Waals surface area contributed by atoms with E-state index in [1.54, 1.807) is 0 Å². The zero-order valence-electron chi connectivity index (χ0n) is 12.7. The molecule has 6 nitrogen and oxygen atoms in total. The normalized spacial score (nSPS) is 22.4. The molecule has 0 bridgehead atoms. The SMILES string of the molecule is Cc1c(NN)nc(C2CC2)nc1N1CCCC(CCO)C1. The Bertz CT molecular complexity index is 501. The van der Waals surface area contributed by atoms with Crippen LogP contribution < -0.4 is 16.2 Å². The number of nitrogens with zero attached hydrogens (tertiary/aromatic N) is 3. The molecule has 0 spiro atoms. The highest BCUT2D eigenvalue weighted by molar-refractivity contribution is 5.58. The molecule has 1 atom stereocenters. The third-order valence-corrected chi connectivity index (χ3v) is 4.57. The summed E-state index contributed by atoms with van der Waals surface area (Å²) in [5.41, 5.74) is 3.74. The van der Waals surface area contributed by atoms with Gasteiger partial charge in [0.15, 0.2) is 0 Å². The Morgan fingerprint density at radius 1 is 1.33 bits per heavy atom. The van der Waals surface area contributed by atoms with Crippen LogP contribution in [0.3, 0.4) is 0 Å². The molecule has 2 fully saturated rings. The summed E-state index contributed by atoms with van der Waals surface area (Å²) < 4.78 is 0. The fourth-order valence-corrected chi connectivity index (χ4v) is 3.17. The van der Waals surface area contributed by atoms with Gasteiger partial charge in [-0.05, 0) is 44.9 Å². The number of aliphatic hydroxyl groups excluding tert-OH is 1. The third-order valence-electron chi connectivity index (χ3n) is 4.57. The fraction of sp³-hybridized carbons (Fsp3) is 0.733. The molecule has 116 valence electrons. The topological polar surface area (TPSA) is 87.3 Å². The first-order chi connectivity index (χ1) is 10.2. The lowest BCUT2D eigenvalue weighted by Gasteiger charge is -2.34. The summed E-state index contributed by atoms with van der Waals surface area (Å²) >= 11 is 0. The van der Waals surface area contributed by atoms with Crippen molar-refractivity contribution in [3.8, 4) is 0 Å². The third kappa shape index (κ3) is 3.11. The minimum Gasteiger partial charge on any atom is -0.396 e. The second-order valence-electron chi connectivity index (χ2n) is 6.26. The molecule has 3 rings (SSSR count). The second-order valence-corrected chi connectivity index (χ2v) is 6.26. The first kappa shape index (κ1) is 14.5. The number of hydrazine groups is 1. The number of piperidine rings is 1. The van der Waals surface area contributed by atoms with E-state index < -0.39 is 0 Å². The van der Waals surface area contributed by atoms with Crippen molar-refractivity contribution in [3.63, 3.8) is 0 Å². The maximum absolute atomic E-state index is 9.17. The Kier molecular flexibility index (Phi) is 4.26. The van der Waals surface area contributed by atoms with E-state index in [2.05, 4.69) is 15.3 Å². The number of anilines is 2. The number of nitrogens with one attached hydrogen (secondary N) is 1. The van der Waals surface area contributed by atoms with Gasteiger partial charge < -0.3 is 15.4 Å². The highest BCUT2D eigenvalue weighted by Gasteiger charge is 2.30. The second kappa shape index (κ2) is 6.15. The van der Waals surface area contributed by atoms with Crippen LogP contribution in [0.4, 0.5) is 11.6 Å². The summed E-state index contributed by atoms with van der Waals surface area (Å²) in [5, 5.41) is 9.17. The zero-order valence-corrected chi connectivity index (χ0v) is 12.7. The highest BCUT2D eigenvalue weighted by atomic mass is 16.3. The number of aromatic nitrogens is 2. The minimum atomic E-state index is 0.268. The predicted molar refractivity (Wildman–Crippen MR) is 83.2 cm³/mol. The average Bonchev–Trinajstić information content (AvgIpc) is 3.33. The van der Waals surface area contributed by atoms with Crippen LogP contribution in [0.2, 0.25) is 0 Å². The minimum absolute atomic E-state index is 0.268. The average molecular weight is 291 g/mol. The maximum Gasteiger partial charge on any atom is 0.148 e. The molecule has 2 aliphatic rings. The lowest BCUT2D eigenvalue weighted by Crippen LogP contribution is -2.37. The lowest BCUT2D eigenvalue weighted by molar-refractivity contribution is 0.244. The van der Waals surface area contributed by atoms with Crippen LogP contribution in [-0.2, 0) is 0 Å². The summed E-state index contributed by atoms with van der Waals surface area (Å²) in [6.45, 7) is 4.28. The largest absolute Gasteiger partial charge is 0.396 e. The Morgan fingerprint density at radius 3 is 2.81 bits per heavy atom. The molecule has 6 heteroatoms. The molecule has 1 saturated heterocycles. The molecule has 1 unspecified atom stereocenters. The van der Waals surface area contributed by atoms with Crippen molar-refractivity contribution in [1.29, 1.82) is 0 Å². The highest BCUT2D eigenvalue weighted by Crippen LogP contribution is 2.40. The van der Waals surface area contributed by atoms with Gasteiger partial charge in [0, 0.05) is 31.2 Å². The summed E-state index contributed by atoms with van der Waals surface area (Å²) in [6.07, 6.45) is 5.58. The van der Waals surface area contributed by atoms with E-state index in [0.29, 0.717) is 11.8 Å². The van der Waals surface area contributed by atoms with Crippen LogP contribution in [0.15, 0.2) is 0 Å². The van der Waals surface area contributed by atoms with Crippen molar-refractivity contribution in [2.75, 3.05) is 30.0 Å². The molecule has 4 N–H and O–H groups in total. The summed E-state index contributed by atoms with van der Waals surface area (Å²) in [6, 6.07) is 0. The number of aliphatic hydroxyl groups is 1. The summed E-state index contributed by atoms with van der Waals surface area (Å²) in [7, 11) is 0. The van der Waals surface area contributed by atoms with E-state index in [4.69, 9.17) is 15.9 Å². The zero-order chi connectivity index (χ0) is 14.8. The summed E-state index contributed by atoms with van der Waals surface area (Å²) in [5.74, 6) is 9.36. The molecule has 0 aromatic carbocycles. The van der Waals surface area contributed by atoms with Gasteiger partial charge in [-0.25, -0.2) is 15.8 Å². The summed E-state index contributed by atoms with van der Waals surface area (Å²) in [4.78, 5) is 11.7. The van der Waals surface area contributed by atoms with Gasteiger partial charge in [-0.3, -0.25) is 0 Å². The Hall–Kier alpha value is -1.40. The molecular formula is C15H25N5O. The van der Waals surface area contributed by atoms with E-state index >= 15 is 0 Å². The van der Waals surface area contributed by atoms with Crippen molar-refractivity contribution in [2.45, 2.75) is 44.9 Å². The van der Waals surface area contributed by atoms with Crippen molar-refractivity contribution in [2.24, 2.45) is 11.8 Å². The number of hydrogen-bond acceptors (Lipinski definition) is 6. The van der Waals surface area contributed by atoms with Crippen LogP contribution in [0.5, 0.6) is 0 Å². The van der Waals surface area contributed by atoms with E-state index in [1.807, 2.05) is 6.92 Å². The molecule has 21 heavy (non-hydrogen) atoms. The van der Waals surface area contributed by atoms with Gasteiger partial charge in [-0.1, -0.05) is 0 Å². The van der Waals surface area contributed by atoms with Crippen LogP contribution in [0.25, 0.3) is 0 Å². The van der Waals surface area contributed by atoms with E-state index in [0.717, 1.165) is 49.0 Å². The van der Waals surface area contributed by atoms with E-state index in [1.165, 1.54) is 19.3 Å². The molecule has 0 amide bonds. The van der Waals surface area contributed by atoms with Crippen molar-refractivity contribution in [3.05, 3.63) is 11.4 Å². The van der Waals surface area contributed by atoms with Gasteiger partial charge in [0.25, 0.3) is 0 Å². The number of hydrogen-bond donors (Lipinski definition) is 3. The molecule has 0 radical (unpaired) electrons. The smallest absolute Gasteiger partial charge is 0.148 e. The van der Waals surface area contributed by atoms with Crippen molar-refractivity contribution >= 4 is 11.6 Å². The molecule has 1 aromatic rings. The Balaban J connectivity index is 1.87. The van der Waals surface area contributed by atoms with Crippen molar-refractivity contribution in [1.82, 2.24) is 9.97 Å². The van der Waals surface area contributed by atoms with Crippen molar-refractivity contribution < 1.29 is 5.11 Å². The van der Waals surface area contributed by atoms with Gasteiger partial charge in [-0.15, -0.1) is 0 Å². The molecule has 1 saturated carbocycles. The standard InChI is InChI=1S/C15H25N5O/c1-10-13(19-16)17-14(12-4-5-12)18-15(10)20-7-2-3-11(9-20)6-8-21/h11-12,21H,2-9,16H2,1H3,(H,17,18,19). The molecular weight excluding hydrogens is 266 g/mol. The first-order valence-electron chi connectivity index (χ1n) is 7.94. The van der Waals surface area contributed by atoms with Crippen LogP contribution >= 0.6 is 0 Å². The predicted octanol–water partition coefficient (Wildman–Crippen LogP) is 1.55. The lowest BCUT2D eigenvalue weighted by atomic mass is 9.95. The first-order valence-corrected chi connectivity index (χ1v) is 7.94. The Labute approximate surface area is 125 Å². The van der Waals surface area contributed by atoms with Crippen LogP contribution in [0, 0.1) is 12.8 Å². The molecule has 2 heterocycles.